The SMILES string of the molecule is COc1ccc(SCC(C)(N)C(N)=O)cc1. The summed E-state index contributed by atoms with van der Waals surface area (Å²) in [5, 5.41) is 0. The summed E-state index contributed by atoms with van der Waals surface area (Å²) in [5.74, 6) is 0.762. The predicted molar refractivity (Wildman–Crippen MR) is 65.5 cm³/mol. The number of benzene rings is 1. The van der Waals surface area contributed by atoms with E-state index in [1.54, 1.807) is 14.0 Å². The maximum absolute atomic E-state index is 11.0. The number of hydrogen-bond donors (Lipinski definition) is 2. The first-order chi connectivity index (χ1) is 7.45. The molecule has 5 heteroatoms. The Hall–Kier alpha value is -1.20. The van der Waals surface area contributed by atoms with Crippen LogP contribution in [0.1, 0.15) is 6.92 Å². The number of ether oxygens (including phenoxy) is 1. The van der Waals surface area contributed by atoms with E-state index in [0.717, 1.165) is 10.6 Å². The zero-order valence-electron chi connectivity index (χ0n) is 9.40. The fraction of sp³-hybridized carbons (Fsp3) is 0.364. The van der Waals surface area contributed by atoms with Gasteiger partial charge in [0.25, 0.3) is 0 Å². The monoisotopic (exact) mass is 240 g/mol. The molecule has 1 aromatic carbocycles. The molecule has 1 aromatic rings. The lowest BCUT2D eigenvalue weighted by molar-refractivity contribution is -0.121. The molecule has 0 saturated heterocycles. The van der Waals surface area contributed by atoms with Gasteiger partial charge in [-0.1, -0.05) is 0 Å². The summed E-state index contributed by atoms with van der Waals surface area (Å²) in [5.41, 5.74) is 9.94. The molecule has 0 aliphatic rings. The Morgan fingerprint density at radius 2 is 2.00 bits per heavy atom. The summed E-state index contributed by atoms with van der Waals surface area (Å²) in [6, 6.07) is 7.56. The van der Waals surface area contributed by atoms with Crippen LogP contribution in [0.4, 0.5) is 0 Å². The zero-order valence-corrected chi connectivity index (χ0v) is 10.2. The average Bonchev–Trinajstić information content (AvgIpc) is 2.27. The van der Waals surface area contributed by atoms with Crippen molar-refractivity contribution in [1.29, 1.82) is 0 Å². The van der Waals surface area contributed by atoms with E-state index in [0.29, 0.717) is 5.75 Å². The third-order valence-electron chi connectivity index (χ3n) is 2.16. The van der Waals surface area contributed by atoms with Gasteiger partial charge in [-0.2, -0.15) is 0 Å². The normalized spacial score (nSPS) is 14.2. The van der Waals surface area contributed by atoms with E-state index in [-0.39, 0.29) is 0 Å². The minimum atomic E-state index is -0.982. The number of primary amides is 1. The van der Waals surface area contributed by atoms with Gasteiger partial charge in [-0.25, -0.2) is 0 Å². The molecule has 1 amide bonds. The second kappa shape index (κ2) is 5.23. The number of rotatable bonds is 5. The van der Waals surface area contributed by atoms with E-state index < -0.39 is 11.4 Å². The van der Waals surface area contributed by atoms with Crippen molar-refractivity contribution in [3.05, 3.63) is 24.3 Å². The van der Waals surface area contributed by atoms with Crippen molar-refractivity contribution in [3.8, 4) is 5.75 Å². The lowest BCUT2D eigenvalue weighted by Gasteiger charge is -2.19. The van der Waals surface area contributed by atoms with Crippen LogP contribution in [-0.2, 0) is 4.79 Å². The quantitative estimate of drug-likeness (QED) is 0.752. The Labute approximate surface area is 99.3 Å². The third kappa shape index (κ3) is 3.43. The van der Waals surface area contributed by atoms with Crippen LogP contribution in [0.25, 0.3) is 0 Å². The highest BCUT2D eigenvalue weighted by molar-refractivity contribution is 7.99. The first-order valence-electron chi connectivity index (χ1n) is 4.81. The van der Waals surface area contributed by atoms with Crippen LogP contribution in [0.2, 0.25) is 0 Å². The summed E-state index contributed by atoms with van der Waals surface area (Å²) in [6.45, 7) is 1.63. The topological polar surface area (TPSA) is 78.3 Å². The number of carbonyl (C=O) groups is 1. The molecule has 0 aliphatic carbocycles. The van der Waals surface area contributed by atoms with Gasteiger partial charge in [-0.15, -0.1) is 11.8 Å². The van der Waals surface area contributed by atoms with Gasteiger partial charge < -0.3 is 16.2 Å². The fourth-order valence-corrected chi connectivity index (χ4v) is 1.91. The van der Waals surface area contributed by atoms with Crippen LogP contribution in [0.5, 0.6) is 5.75 Å². The van der Waals surface area contributed by atoms with E-state index >= 15 is 0 Å². The van der Waals surface area contributed by atoms with Crippen molar-refractivity contribution in [2.24, 2.45) is 11.5 Å². The number of nitrogens with two attached hydrogens (primary N) is 2. The summed E-state index contributed by atoms with van der Waals surface area (Å²) in [7, 11) is 1.62. The second-order valence-corrected chi connectivity index (χ2v) is 4.79. The number of methoxy groups -OCH3 is 1. The molecule has 1 atom stereocenters. The van der Waals surface area contributed by atoms with Gasteiger partial charge in [0.2, 0.25) is 5.91 Å². The van der Waals surface area contributed by atoms with Crippen LogP contribution < -0.4 is 16.2 Å². The third-order valence-corrected chi connectivity index (χ3v) is 3.51. The zero-order chi connectivity index (χ0) is 12.2. The van der Waals surface area contributed by atoms with Gasteiger partial charge in [-0.05, 0) is 31.2 Å². The number of thioether (sulfide) groups is 1. The van der Waals surface area contributed by atoms with Crippen molar-refractivity contribution in [1.82, 2.24) is 0 Å². The van der Waals surface area contributed by atoms with Gasteiger partial charge in [-0.3, -0.25) is 4.79 Å². The molecule has 1 rings (SSSR count). The first kappa shape index (κ1) is 12.9. The summed E-state index contributed by atoms with van der Waals surface area (Å²) in [6.07, 6.45) is 0. The summed E-state index contributed by atoms with van der Waals surface area (Å²) < 4.78 is 5.04. The molecule has 0 radical (unpaired) electrons. The van der Waals surface area contributed by atoms with Crippen LogP contribution in [0.3, 0.4) is 0 Å². The maximum atomic E-state index is 11.0. The molecule has 4 N–H and O–H groups in total. The van der Waals surface area contributed by atoms with E-state index in [1.807, 2.05) is 24.3 Å². The summed E-state index contributed by atoms with van der Waals surface area (Å²) >= 11 is 1.49. The van der Waals surface area contributed by atoms with Crippen LogP contribution in [0, 0.1) is 0 Å². The van der Waals surface area contributed by atoms with Gasteiger partial charge >= 0.3 is 0 Å². The fourth-order valence-electron chi connectivity index (χ4n) is 0.976. The van der Waals surface area contributed by atoms with Crippen LogP contribution in [-0.4, -0.2) is 24.3 Å². The molecule has 0 aromatic heterocycles. The standard InChI is InChI=1S/C11H16N2O2S/c1-11(13,10(12)14)7-16-9-5-3-8(15-2)4-6-9/h3-6H,7,13H2,1-2H3,(H2,12,14). The lowest BCUT2D eigenvalue weighted by Crippen LogP contribution is -2.51. The average molecular weight is 240 g/mol. The van der Waals surface area contributed by atoms with Crippen LogP contribution in [0.15, 0.2) is 29.2 Å². The Balaban J connectivity index is 2.58. The van der Waals surface area contributed by atoms with Gasteiger partial charge in [0.15, 0.2) is 0 Å². The molecular weight excluding hydrogens is 224 g/mol. The Bertz CT molecular complexity index is 363. The molecule has 0 bridgehead atoms. The molecule has 0 saturated carbocycles. The Morgan fingerprint density at radius 3 is 2.44 bits per heavy atom. The minimum absolute atomic E-state index is 0.453. The molecule has 1 unspecified atom stereocenters. The number of carbonyl (C=O) groups excluding carboxylic acids is 1. The second-order valence-electron chi connectivity index (χ2n) is 3.75. The molecule has 16 heavy (non-hydrogen) atoms. The number of amides is 1. The highest BCUT2D eigenvalue weighted by Gasteiger charge is 2.25. The largest absolute Gasteiger partial charge is 0.497 e. The molecule has 4 nitrogen and oxygen atoms in total. The molecular formula is C11H16N2O2S. The van der Waals surface area contributed by atoms with E-state index in [2.05, 4.69) is 0 Å². The van der Waals surface area contributed by atoms with Crippen molar-refractivity contribution >= 4 is 17.7 Å². The molecule has 0 heterocycles. The lowest BCUT2D eigenvalue weighted by atomic mass is 10.1. The molecule has 0 aliphatic heterocycles. The smallest absolute Gasteiger partial charge is 0.238 e. The molecule has 88 valence electrons. The Morgan fingerprint density at radius 1 is 1.44 bits per heavy atom. The number of hydrogen-bond acceptors (Lipinski definition) is 4. The molecule has 0 spiro atoms. The van der Waals surface area contributed by atoms with E-state index in [4.69, 9.17) is 16.2 Å². The van der Waals surface area contributed by atoms with Crippen LogP contribution >= 0.6 is 11.8 Å². The maximum Gasteiger partial charge on any atom is 0.238 e. The van der Waals surface area contributed by atoms with Gasteiger partial charge in [0.1, 0.15) is 11.3 Å². The van der Waals surface area contributed by atoms with Gasteiger partial charge in [0.05, 0.1) is 7.11 Å². The van der Waals surface area contributed by atoms with Crippen molar-refractivity contribution in [2.45, 2.75) is 17.4 Å². The predicted octanol–water partition coefficient (Wildman–Crippen LogP) is 0.990. The highest BCUT2D eigenvalue weighted by atomic mass is 32.2. The highest BCUT2D eigenvalue weighted by Crippen LogP contribution is 2.23. The van der Waals surface area contributed by atoms with E-state index in [1.165, 1.54) is 11.8 Å². The first-order valence-corrected chi connectivity index (χ1v) is 5.80. The molecule has 0 fully saturated rings. The minimum Gasteiger partial charge on any atom is -0.497 e. The van der Waals surface area contributed by atoms with Crippen molar-refractivity contribution < 1.29 is 9.53 Å². The Kier molecular flexibility index (Phi) is 4.20. The summed E-state index contributed by atoms with van der Waals surface area (Å²) in [4.78, 5) is 12.0. The van der Waals surface area contributed by atoms with Gasteiger partial charge in [0, 0.05) is 10.6 Å². The van der Waals surface area contributed by atoms with Crippen molar-refractivity contribution in [2.75, 3.05) is 12.9 Å². The van der Waals surface area contributed by atoms with Crippen molar-refractivity contribution in [3.63, 3.8) is 0 Å². The van der Waals surface area contributed by atoms with E-state index in [9.17, 15) is 4.79 Å².